The van der Waals surface area contributed by atoms with E-state index in [-0.39, 0.29) is 10.3 Å². The van der Waals surface area contributed by atoms with Crippen LogP contribution in [0.2, 0.25) is 0 Å². The number of hydrogen-bond donors (Lipinski definition) is 0. The molecule has 0 spiro atoms. The predicted molar refractivity (Wildman–Crippen MR) is 58.4 cm³/mol. The largest absolute Gasteiger partial charge is 0.466 e. The van der Waals surface area contributed by atoms with Crippen LogP contribution in [0, 0.1) is 11.8 Å². The molecule has 0 amide bonds. The Balaban J connectivity index is 1.93. The summed E-state index contributed by atoms with van der Waals surface area (Å²) in [4.78, 5) is 11.4. The molecule has 3 atom stereocenters. The smallest absolute Gasteiger partial charge is 0.307 e. The third-order valence-electron chi connectivity index (χ3n) is 3.64. The lowest BCUT2D eigenvalue weighted by atomic mass is 9.86. The molecular formula is C11H17BrO2. The predicted octanol–water partition coefficient (Wildman–Crippen LogP) is 2.89. The van der Waals surface area contributed by atoms with E-state index < -0.39 is 0 Å². The lowest BCUT2D eigenvalue weighted by Gasteiger charge is -2.30. The van der Waals surface area contributed by atoms with Crippen LogP contribution in [0.4, 0.5) is 0 Å². The summed E-state index contributed by atoms with van der Waals surface area (Å²) in [5.41, 5.74) is 0. The van der Waals surface area contributed by atoms with Crippen LogP contribution >= 0.6 is 15.9 Å². The fraction of sp³-hybridized carbons (Fsp3) is 0.909. The van der Waals surface area contributed by atoms with Crippen molar-refractivity contribution in [3.05, 3.63) is 0 Å². The Morgan fingerprint density at radius 2 is 2.36 bits per heavy atom. The van der Waals surface area contributed by atoms with Crippen molar-refractivity contribution in [2.45, 2.75) is 43.4 Å². The Morgan fingerprint density at radius 3 is 2.86 bits per heavy atom. The van der Waals surface area contributed by atoms with E-state index in [0.717, 1.165) is 12.3 Å². The van der Waals surface area contributed by atoms with Crippen LogP contribution < -0.4 is 0 Å². The first-order valence-corrected chi connectivity index (χ1v) is 6.28. The van der Waals surface area contributed by atoms with Crippen LogP contribution in [0.15, 0.2) is 0 Å². The summed E-state index contributed by atoms with van der Waals surface area (Å²) in [5.74, 6) is 1.52. The van der Waals surface area contributed by atoms with E-state index in [1.54, 1.807) is 0 Å². The van der Waals surface area contributed by atoms with Crippen molar-refractivity contribution < 1.29 is 9.53 Å². The van der Waals surface area contributed by atoms with Crippen LogP contribution in [0.3, 0.4) is 0 Å². The molecule has 0 aromatic rings. The van der Waals surface area contributed by atoms with E-state index in [2.05, 4.69) is 15.9 Å². The molecule has 14 heavy (non-hydrogen) atoms. The molecule has 2 aliphatic rings. The Morgan fingerprint density at radius 1 is 1.57 bits per heavy atom. The molecule has 2 aliphatic carbocycles. The second kappa shape index (κ2) is 3.84. The minimum absolute atomic E-state index is 0.0445. The van der Waals surface area contributed by atoms with Crippen molar-refractivity contribution in [1.29, 1.82) is 0 Å². The molecule has 0 aromatic carbocycles. The summed E-state index contributed by atoms with van der Waals surface area (Å²) in [7, 11) is 0. The van der Waals surface area contributed by atoms with Gasteiger partial charge in [-0.2, -0.15) is 0 Å². The highest BCUT2D eigenvalue weighted by atomic mass is 79.9. The minimum atomic E-state index is -0.0445. The summed E-state index contributed by atoms with van der Waals surface area (Å²) in [6.07, 6.45) is 5.68. The number of fused-ring (bicyclic) bond motifs is 2. The fourth-order valence-electron chi connectivity index (χ4n) is 3.05. The number of esters is 1. The number of carbonyl (C=O) groups excluding carboxylic acids is 1. The van der Waals surface area contributed by atoms with Crippen LogP contribution in [0.5, 0.6) is 0 Å². The van der Waals surface area contributed by atoms with E-state index in [1.165, 1.54) is 19.3 Å². The highest BCUT2D eigenvalue weighted by Gasteiger charge is 2.50. The molecule has 2 nitrogen and oxygen atoms in total. The number of rotatable bonds is 3. The maximum atomic E-state index is 11.4. The first-order valence-electron chi connectivity index (χ1n) is 5.48. The minimum Gasteiger partial charge on any atom is -0.466 e. The zero-order valence-electron chi connectivity index (χ0n) is 8.59. The standard InChI is InChI=1S/C11H17BrO2/c1-2-14-10(13)7-11(12)6-8-3-4-9(11)5-8/h8-9H,2-7H2,1H3/t8-,9+,11-/m1/s1. The molecule has 80 valence electrons. The van der Waals surface area contributed by atoms with E-state index in [9.17, 15) is 4.79 Å². The molecule has 0 aliphatic heterocycles. The Labute approximate surface area is 93.5 Å². The van der Waals surface area contributed by atoms with Crippen LogP contribution in [0.25, 0.3) is 0 Å². The molecule has 2 saturated carbocycles. The normalized spacial score (nSPS) is 40.1. The number of carbonyl (C=O) groups is 1. The van der Waals surface area contributed by atoms with Gasteiger partial charge in [-0.1, -0.05) is 22.4 Å². The van der Waals surface area contributed by atoms with Crippen LogP contribution in [0.1, 0.15) is 39.0 Å². The van der Waals surface area contributed by atoms with Crippen molar-refractivity contribution in [3.63, 3.8) is 0 Å². The highest BCUT2D eigenvalue weighted by molar-refractivity contribution is 9.10. The van der Waals surface area contributed by atoms with Gasteiger partial charge in [-0.05, 0) is 38.0 Å². The maximum Gasteiger partial charge on any atom is 0.307 e. The average molecular weight is 261 g/mol. The second-order valence-corrected chi connectivity index (χ2v) is 6.18. The van der Waals surface area contributed by atoms with Gasteiger partial charge in [0.05, 0.1) is 13.0 Å². The summed E-state index contributed by atoms with van der Waals surface area (Å²) >= 11 is 3.77. The van der Waals surface area contributed by atoms with Gasteiger partial charge in [-0.3, -0.25) is 4.79 Å². The molecule has 3 heteroatoms. The monoisotopic (exact) mass is 260 g/mol. The van der Waals surface area contributed by atoms with Crippen molar-refractivity contribution >= 4 is 21.9 Å². The summed E-state index contributed by atoms with van der Waals surface area (Å²) in [6, 6.07) is 0. The van der Waals surface area contributed by atoms with Gasteiger partial charge < -0.3 is 4.74 Å². The third kappa shape index (κ3) is 1.83. The van der Waals surface area contributed by atoms with Gasteiger partial charge in [0.25, 0.3) is 0 Å². The topological polar surface area (TPSA) is 26.3 Å². The molecule has 2 rings (SSSR count). The van der Waals surface area contributed by atoms with Crippen molar-refractivity contribution in [2.24, 2.45) is 11.8 Å². The van der Waals surface area contributed by atoms with Crippen LogP contribution in [-0.2, 0) is 9.53 Å². The average Bonchev–Trinajstić information content (AvgIpc) is 2.62. The SMILES string of the molecule is CCOC(=O)C[C@]1(Br)C[C@@H]2CC[C@H]1C2. The van der Waals surface area contributed by atoms with Crippen molar-refractivity contribution in [3.8, 4) is 0 Å². The second-order valence-electron chi connectivity index (χ2n) is 4.60. The summed E-state index contributed by atoms with van der Waals surface area (Å²) < 4.78 is 5.08. The third-order valence-corrected chi connectivity index (χ3v) is 4.90. The number of alkyl halides is 1. The van der Waals surface area contributed by atoms with Gasteiger partial charge in [0.2, 0.25) is 0 Å². The zero-order valence-corrected chi connectivity index (χ0v) is 10.2. The quantitative estimate of drug-likeness (QED) is 0.576. The van der Waals surface area contributed by atoms with Gasteiger partial charge in [0, 0.05) is 4.32 Å². The van der Waals surface area contributed by atoms with Crippen molar-refractivity contribution in [1.82, 2.24) is 0 Å². The first kappa shape index (κ1) is 10.5. The van der Waals surface area contributed by atoms with Crippen LogP contribution in [-0.4, -0.2) is 16.9 Å². The van der Waals surface area contributed by atoms with Gasteiger partial charge in [-0.15, -0.1) is 0 Å². The molecule has 0 radical (unpaired) electrons. The molecular weight excluding hydrogens is 244 g/mol. The van der Waals surface area contributed by atoms with Gasteiger partial charge in [0.1, 0.15) is 0 Å². The zero-order chi connectivity index (χ0) is 10.2. The van der Waals surface area contributed by atoms with E-state index in [4.69, 9.17) is 4.74 Å². The van der Waals surface area contributed by atoms with E-state index in [1.807, 2.05) is 6.92 Å². The lowest BCUT2D eigenvalue weighted by Crippen LogP contribution is -2.31. The lowest BCUT2D eigenvalue weighted by molar-refractivity contribution is -0.144. The molecule has 2 bridgehead atoms. The number of halogens is 1. The van der Waals surface area contributed by atoms with Gasteiger partial charge >= 0.3 is 5.97 Å². The Hall–Kier alpha value is -0.0500. The molecule has 2 fully saturated rings. The number of hydrogen-bond acceptors (Lipinski definition) is 2. The summed E-state index contributed by atoms with van der Waals surface area (Å²) in [5, 5.41) is 0. The van der Waals surface area contributed by atoms with Crippen molar-refractivity contribution in [2.75, 3.05) is 6.61 Å². The molecule has 0 N–H and O–H groups in total. The van der Waals surface area contributed by atoms with Gasteiger partial charge in [-0.25, -0.2) is 0 Å². The summed E-state index contributed by atoms with van der Waals surface area (Å²) in [6.45, 7) is 2.36. The molecule has 0 aromatic heterocycles. The highest BCUT2D eigenvalue weighted by Crippen LogP contribution is 2.56. The Bertz CT molecular complexity index is 241. The number of ether oxygens (including phenoxy) is 1. The Kier molecular flexibility index (Phi) is 2.87. The van der Waals surface area contributed by atoms with E-state index >= 15 is 0 Å². The van der Waals surface area contributed by atoms with E-state index in [0.29, 0.717) is 18.9 Å². The first-order chi connectivity index (χ1) is 6.64. The maximum absolute atomic E-state index is 11.4. The molecule has 0 saturated heterocycles. The molecule has 0 unspecified atom stereocenters. The van der Waals surface area contributed by atoms with Gasteiger partial charge in [0.15, 0.2) is 0 Å². The fourth-order valence-corrected chi connectivity index (χ4v) is 4.15. The molecule has 0 heterocycles.